The number of piperidine rings is 2. The van der Waals surface area contributed by atoms with Crippen LogP contribution in [0.15, 0.2) is 0 Å². The summed E-state index contributed by atoms with van der Waals surface area (Å²) in [4.78, 5) is 0. The lowest BCUT2D eigenvalue weighted by molar-refractivity contribution is 0.0341. The quantitative estimate of drug-likeness (QED) is 0.642. The first kappa shape index (κ1) is 20.2. The van der Waals surface area contributed by atoms with E-state index in [4.69, 9.17) is 0 Å². The van der Waals surface area contributed by atoms with Crippen molar-refractivity contribution in [3.05, 3.63) is 0 Å². The van der Waals surface area contributed by atoms with Crippen LogP contribution in [0.5, 0.6) is 0 Å². The summed E-state index contributed by atoms with van der Waals surface area (Å²) in [6.45, 7) is 14.7. The van der Waals surface area contributed by atoms with Crippen molar-refractivity contribution < 1.29 is 0 Å². The summed E-state index contributed by atoms with van der Waals surface area (Å²) < 4.78 is 0. The molecule has 2 aliphatic carbocycles. The van der Waals surface area contributed by atoms with E-state index >= 15 is 0 Å². The molecular formula is C25H46N2. The van der Waals surface area contributed by atoms with E-state index in [0.29, 0.717) is 11.1 Å². The van der Waals surface area contributed by atoms with E-state index in [1.54, 1.807) is 0 Å². The monoisotopic (exact) mass is 374 g/mol. The van der Waals surface area contributed by atoms with Gasteiger partial charge in [-0.15, -0.1) is 0 Å². The maximum absolute atomic E-state index is 3.99. The van der Waals surface area contributed by atoms with E-state index in [1.807, 2.05) is 0 Å². The van der Waals surface area contributed by atoms with Crippen LogP contribution in [-0.2, 0) is 0 Å². The Morgan fingerprint density at radius 3 is 1.48 bits per heavy atom. The summed E-state index contributed by atoms with van der Waals surface area (Å²) >= 11 is 0. The first-order valence-electron chi connectivity index (χ1n) is 12.2. The van der Waals surface area contributed by atoms with Gasteiger partial charge in [0.2, 0.25) is 0 Å². The lowest BCUT2D eigenvalue weighted by Crippen LogP contribution is -2.58. The molecule has 2 N–H and O–H groups in total. The molecule has 0 aromatic carbocycles. The van der Waals surface area contributed by atoms with Crippen molar-refractivity contribution >= 4 is 0 Å². The Kier molecular flexibility index (Phi) is 5.47. The summed E-state index contributed by atoms with van der Waals surface area (Å²) in [6, 6.07) is 1.58. The molecule has 4 rings (SSSR count). The third kappa shape index (κ3) is 4.42. The molecule has 2 nitrogen and oxygen atoms in total. The molecule has 2 aliphatic heterocycles. The molecule has 0 aromatic heterocycles. The topological polar surface area (TPSA) is 24.1 Å². The average molecular weight is 375 g/mol. The van der Waals surface area contributed by atoms with Gasteiger partial charge >= 0.3 is 0 Å². The van der Waals surface area contributed by atoms with Gasteiger partial charge in [-0.05, 0) is 121 Å². The molecule has 2 saturated heterocycles. The average Bonchev–Trinajstić information content (AvgIpc) is 2.54. The zero-order chi connectivity index (χ0) is 19.4. The summed E-state index contributed by atoms with van der Waals surface area (Å²) in [6.07, 6.45) is 13.0. The Labute approximate surface area is 169 Å². The Balaban J connectivity index is 1.32. The fourth-order valence-corrected chi connectivity index (χ4v) is 8.14. The van der Waals surface area contributed by atoms with E-state index in [9.17, 15) is 0 Å². The third-order valence-corrected chi connectivity index (χ3v) is 8.96. The maximum Gasteiger partial charge on any atom is 0.0130 e. The van der Waals surface area contributed by atoms with Crippen LogP contribution in [-0.4, -0.2) is 23.2 Å². The molecule has 156 valence electrons. The molecule has 0 amide bonds. The van der Waals surface area contributed by atoms with Gasteiger partial charge in [0.05, 0.1) is 0 Å². The molecule has 0 aromatic rings. The molecule has 2 saturated carbocycles. The number of nitrogens with one attached hydrogen (secondary N) is 2. The first-order valence-corrected chi connectivity index (χ1v) is 12.2. The molecule has 2 heteroatoms. The molecule has 8 unspecified atom stereocenters. The number of rotatable bonds is 2. The van der Waals surface area contributed by atoms with Crippen LogP contribution in [0.2, 0.25) is 0 Å². The van der Waals surface area contributed by atoms with Crippen molar-refractivity contribution in [1.29, 1.82) is 0 Å². The second-order valence-electron chi connectivity index (χ2n) is 12.6. The fourth-order valence-electron chi connectivity index (χ4n) is 8.14. The highest BCUT2D eigenvalue weighted by Crippen LogP contribution is 2.47. The molecular weight excluding hydrogens is 328 g/mol. The van der Waals surface area contributed by atoms with E-state index in [0.717, 1.165) is 47.6 Å². The van der Waals surface area contributed by atoms with Gasteiger partial charge in [0, 0.05) is 23.2 Å². The van der Waals surface area contributed by atoms with Crippen molar-refractivity contribution in [2.45, 2.75) is 122 Å². The van der Waals surface area contributed by atoms with Gasteiger partial charge in [0.1, 0.15) is 0 Å². The van der Waals surface area contributed by atoms with Crippen LogP contribution in [0.3, 0.4) is 0 Å². The Morgan fingerprint density at radius 2 is 1.07 bits per heavy atom. The van der Waals surface area contributed by atoms with Crippen molar-refractivity contribution in [3.8, 4) is 0 Å². The fraction of sp³-hybridized carbons (Fsp3) is 1.00. The van der Waals surface area contributed by atoms with Gasteiger partial charge in [0.15, 0.2) is 0 Å². The van der Waals surface area contributed by atoms with Crippen LogP contribution in [0.1, 0.15) is 99.3 Å². The smallest absolute Gasteiger partial charge is 0.0130 e. The Morgan fingerprint density at radius 1 is 0.667 bits per heavy atom. The zero-order valence-electron chi connectivity index (χ0n) is 19.0. The predicted molar refractivity (Wildman–Crippen MR) is 116 cm³/mol. The van der Waals surface area contributed by atoms with Gasteiger partial charge in [-0.3, -0.25) is 0 Å². The maximum atomic E-state index is 3.99. The summed E-state index contributed by atoms with van der Waals surface area (Å²) in [5.41, 5.74) is 0.702. The minimum absolute atomic E-state index is 0.351. The van der Waals surface area contributed by atoms with Crippen LogP contribution in [0, 0.1) is 35.5 Å². The van der Waals surface area contributed by atoms with Gasteiger partial charge in [-0.1, -0.05) is 13.8 Å². The van der Waals surface area contributed by atoms with Crippen LogP contribution < -0.4 is 10.6 Å². The summed E-state index contributed by atoms with van der Waals surface area (Å²) in [5, 5.41) is 7.98. The molecule has 0 spiro atoms. The second kappa shape index (κ2) is 7.31. The van der Waals surface area contributed by atoms with Crippen molar-refractivity contribution in [2.75, 3.05) is 0 Å². The van der Waals surface area contributed by atoms with E-state index in [-0.39, 0.29) is 0 Å². The molecule has 27 heavy (non-hydrogen) atoms. The summed E-state index contributed by atoms with van der Waals surface area (Å²) in [7, 11) is 0. The standard InChI is InChI=1S/C25H46N2/c1-16-14-24(3,4)26-22-9-7-18(12-20(16)22)11-19-8-10-23-21(13-19)17(2)15-25(5,6)27-23/h16-23,26-27H,7-15H2,1-6H3. The number of hydrogen-bond acceptors (Lipinski definition) is 2. The predicted octanol–water partition coefficient (Wildman–Crippen LogP) is 5.76. The van der Waals surface area contributed by atoms with Gasteiger partial charge < -0.3 is 10.6 Å². The van der Waals surface area contributed by atoms with E-state index < -0.39 is 0 Å². The van der Waals surface area contributed by atoms with Gasteiger partial charge in [-0.25, -0.2) is 0 Å². The Bertz CT molecular complexity index is 478. The highest BCUT2D eigenvalue weighted by atomic mass is 15.0. The van der Waals surface area contributed by atoms with Crippen molar-refractivity contribution in [3.63, 3.8) is 0 Å². The molecule has 0 radical (unpaired) electrons. The molecule has 4 fully saturated rings. The zero-order valence-corrected chi connectivity index (χ0v) is 19.0. The van der Waals surface area contributed by atoms with E-state index in [2.05, 4.69) is 52.2 Å². The van der Waals surface area contributed by atoms with Crippen LogP contribution in [0.25, 0.3) is 0 Å². The van der Waals surface area contributed by atoms with Crippen LogP contribution in [0.4, 0.5) is 0 Å². The highest BCUT2D eigenvalue weighted by molar-refractivity contribution is 5.01. The third-order valence-electron chi connectivity index (χ3n) is 8.96. The number of hydrogen-bond donors (Lipinski definition) is 2. The lowest BCUT2D eigenvalue weighted by atomic mass is 9.62. The van der Waals surface area contributed by atoms with Crippen molar-refractivity contribution in [1.82, 2.24) is 10.6 Å². The summed E-state index contributed by atoms with van der Waals surface area (Å²) in [5.74, 6) is 5.67. The van der Waals surface area contributed by atoms with E-state index in [1.165, 1.54) is 57.8 Å². The lowest BCUT2D eigenvalue weighted by Gasteiger charge is -2.52. The second-order valence-corrected chi connectivity index (χ2v) is 12.6. The molecule has 2 heterocycles. The van der Waals surface area contributed by atoms with Gasteiger partial charge in [-0.2, -0.15) is 0 Å². The van der Waals surface area contributed by atoms with Crippen LogP contribution >= 0.6 is 0 Å². The minimum atomic E-state index is 0.351. The highest BCUT2D eigenvalue weighted by Gasteiger charge is 2.44. The Hall–Kier alpha value is -0.0800. The van der Waals surface area contributed by atoms with Gasteiger partial charge in [0.25, 0.3) is 0 Å². The first-order chi connectivity index (χ1) is 12.6. The van der Waals surface area contributed by atoms with Crippen molar-refractivity contribution in [2.24, 2.45) is 35.5 Å². The minimum Gasteiger partial charge on any atom is -0.309 e. The SMILES string of the molecule is CC1CC(C)(C)NC2CCC(CC3CCC4NC(C)(C)CC(C)C4C3)CC12. The number of fused-ring (bicyclic) bond motifs is 2. The molecule has 0 bridgehead atoms. The normalized spacial score (nSPS) is 49.1. The largest absolute Gasteiger partial charge is 0.309 e. The molecule has 8 atom stereocenters. The molecule has 4 aliphatic rings.